The summed E-state index contributed by atoms with van der Waals surface area (Å²) in [5.74, 6) is -0.509. The Morgan fingerprint density at radius 2 is 2.21 bits per heavy atom. The van der Waals surface area contributed by atoms with Gasteiger partial charge in [-0.05, 0) is 19.1 Å². The summed E-state index contributed by atoms with van der Waals surface area (Å²) >= 11 is 0. The van der Waals surface area contributed by atoms with Crippen molar-refractivity contribution in [2.24, 2.45) is 10.9 Å². The first-order chi connectivity index (χ1) is 6.65. The molecule has 5 heteroatoms. The number of benzene rings is 1. The van der Waals surface area contributed by atoms with Gasteiger partial charge >= 0.3 is 0 Å². The van der Waals surface area contributed by atoms with Gasteiger partial charge in [0.15, 0.2) is 23.5 Å². The maximum atomic E-state index is 13.0. The molecule has 0 spiro atoms. The number of amidine groups is 1. The van der Waals surface area contributed by atoms with Gasteiger partial charge in [-0.1, -0.05) is 17.3 Å². The lowest BCUT2D eigenvalue weighted by molar-refractivity contribution is 0.256. The first-order valence-corrected chi connectivity index (χ1v) is 4.03. The summed E-state index contributed by atoms with van der Waals surface area (Å²) in [4.78, 5) is 0. The molecule has 0 aromatic heterocycles. The molecule has 0 radical (unpaired) electrons. The molecule has 14 heavy (non-hydrogen) atoms. The van der Waals surface area contributed by atoms with Crippen molar-refractivity contribution in [3.8, 4) is 5.75 Å². The fourth-order valence-electron chi connectivity index (χ4n) is 0.872. The molecule has 1 unspecified atom stereocenters. The van der Waals surface area contributed by atoms with E-state index in [0.29, 0.717) is 0 Å². The van der Waals surface area contributed by atoms with Crippen LogP contribution in [0.2, 0.25) is 0 Å². The topological polar surface area (TPSA) is 67.8 Å². The van der Waals surface area contributed by atoms with Crippen molar-refractivity contribution < 1.29 is 14.3 Å². The average molecular weight is 198 g/mol. The fraction of sp³-hybridized carbons (Fsp3) is 0.222. The lowest BCUT2D eigenvalue weighted by Crippen LogP contribution is -2.31. The van der Waals surface area contributed by atoms with Crippen LogP contribution in [-0.4, -0.2) is 17.1 Å². The van der Waals surface area contributed by atoms with Gasteiger partial charge in [0, 0.05) is 0 Å². The molecular formula is C9H11FN2O2. The summed E-state index contributed by atoms with van der Waals surface area (Å²) in [5.41, 5.74) is 5.27. The first-order valence-electron chi connectivity index (χ1n) is 4.03. The Balaban J connectivity index is 2.74. The van der Waals surface area contributed by atoms with Crippen LogP contribution in [0.4, 0.5) is 4.39 Å². The van der Waals surface area contributed by atoms with E-state index in [1.54, 1.807) is 19.1 Å². The van der Waals surface area contributed by atoms with Gasteiger partial charge in [-0.15, -0.1) is 0 Å². The molecule has 0 aliphatic carbocycles. The van der Waals surface area contributed by atoms with Crippen LogP contribution in [0, 0.1) is 5.82 Å². The van der Waals surface area contributed by atoms with E-state index in [2.05, 4.69) is 5.16 Å². The lowest BCUT2D eigenvalue weighted by Gasteiger charge is -2.13. The number of para-hydroxylation sites is 1. The summed E-state index contributed by atoms with van der Waals surface area (Å²) in [6.07, 6.45) is -0.670. The van der Waals surface area contributed by atoms with Gasteiger partial charge in [-0.2, -0.15) is 0 Å². The molecule has 76 valence electrons. The zero-order valence-electron chi connectivity index (χ0n) is 7.64. The third kappa shape index (κ3) is 2.35. The highest BCUT2D eigenvalue weighted by Gasteiger charge is 2.11. The van der Waals surface area contributed by atoms with E-state index in [4.69, 9.17) is 15.7 Å². The summed E-state index contributed by atoms with van der Waals surface area (Å²) in [7, 11) is 0. The number of nitrogens with two attached hydrogens (primary N) is 1. The van der Waals surface area contributed by atoms with Gasteiger partial charge in [-0.25, -0.2) is 4.39 Å². The van der Waals surface area contributed by atoms with Crippen molar-refractivity contribution in [2.45, 2.75) is 13.0 Å². The van der Waals surface area contributed by atoms with Crippen molar-refractivity contribution in [2.75, 3.05) is 0 Å². The van der Waals surface area contributed by atoms with Crippen LogP contribution >= 0.6 is 0 Å². The second-order valence-corrected chi connectivity index (χ2v) is 2.72. The van der Waals surface area contributed by atoms with Crippen LogP contribution in [-0.2, 0) is 0 Å². The van der Waals surface area contributed by atoms with Gasteiger partial charge in [0.1, 0.15) is 0 Å². The molecule has 0 saturated carbocycles. The first kappa shape index (κ1) is 10.3. The lowest BCUT2D eigenvalue weighted by atomic mass is 10.3. The van der Waals surface area contributed by atoms with E-state index in [1.807, 2.05) is 0 Å². The molecule has 0 aliphatic heterocycles. The summed E-state index contributed by atoms with van der Waals surface area (Å²) < 4.78 is 18.2. The molecule has 1 aromatic carbocycles. The van der Waals surface area contributed by atoms with Crippen LogP contribution in [0.5, 0.6) is 5.75 Å². The predicted molar refractivity (Wildman–Crippen MR) is 49.9 cm³/mol. The minimum absolute atomic E-state index is 0.0756. The number of nitrogens with zero attached hydrogens (tertiary/aromatic N) is 1. The van der Waals surface area contributed by atoms with E-state index in [0.717, 1.165) is 0 Å². The molecule has 0 saturated heterocycles. The zero-order chi connectivity index (χ0) is 10.6. The number of rotatable bonds is 3. The van der Waals surface area contributed by atoms with Crippen LogP contribution in [0.1, 0.15) is 6.92 Å². The highest BCUT2D eigenvalue weighted by Crippen LogP contribution is 2.16. The third-order valence-corrected chi connectivity index (χ3v) is 1.67. The number of ether oxygens (including phenoxy) is 1. The quantitative estimate of drug-likeness (QED) is 0.333. The molecular weight excluding hydrogens is 187 g/mol. The molecule has 0 bridgehead atoms. The van der Waals surface area contributed by atoms with Gasteiger partial charge in [0.05, 0.1) is 0 Å². The van der Waals surface area contributed by atoms with Crippen molar-refractivity contribution in [3.63, 3.8) is 0 Å². The van der Waals surface area contributed by atoms with Gasteiger partial charge in [0.2, 0.25) is 0 Å². The predicted octanol–water partition coefficient (Wildman–Crippen LogP) is 1.34. The minimum atomic E-state index is -0.670. The van der Waals surface area contributed by atoms with Crippen LogP contribution in [0.25, 0.3) is 0 Å². The Labute approximate surface area is 80.8 Å². The van der Waals surface area contributed by atoms with Crippen molar-refractivity contribution in [3.05, 3.63) is 30.1 Å². The van der Waals surface area contributed by atoms with Crippen molar-refractivity contribution in [1.82, 2.24) is 0 Å². The SMILES string of the molecule is CC(Oc1ccccc1F)C(N)=NO. The smallest absolute Gasteiger partial charge is 0.180 e. The highest BCUT2D eigenvalue weighted by molar-refractivity contribution is 5.84. The van der Waals surface area contributed by atoms with Gasteiger partial charge in [0.25, 0.3) is 0 Å². The van der Waals surface area contributed by atoms with Crippen molar-refractivity contribution in [1.29, 1.82) is 0 Å². The second-order valence-electron chi connectivity index (χ2n) is 2.72. The van der Waals surface area contributed by atoms with Crippen LogP contribution in [0.3, 0.4) is 0 Å². The van der Waals surface area contributed by atoms with Crippen molar-refractivity contribution >= 4 is 5.84 Å². The summed E-state index contributed by atoms with van der Waals surface area (Å²) in [5, 5.41) is 11.1. The Kier molecular flexibility index (Phi) is 3.28. The monoisotopic (exact) mass is 198 g/mol. The molecule has 0 aliphatic rings. The summed E-state index contributed by atoms with van der Waals surface area (Å²) in [6.45, 7) is 1.56. The van der Waals surface area contributed by atoms with Crippen LogP contribution < -0.4 is 10.5 Å². The number of hydrogen-bond donors (Lipinski definition) is 2. The third-order valence-electron chi connectivity index (χ3n) is 1.67. The number of hydrogen-bond acceptors (Lipinski definition) is 3. The molecule has 1 aromatic rings. The molecule has 1 atom stereocenters. The van der Waals surface area contributed by atoms with Gasteiger partial charge < -0.3 is 15.7 Å². The standard InChI is InChI=1S/C9H11FN2O2/c1-6(9(11)12-13)14-8-5-3-2-4-7(8)10/h2-6,13H,1H3,(H2,11,12). The Morgan fingerprint density at radius 3 is 2.79 bits per heavy atom. The Bertz CT molecular complexity index is 341. The maximum absolute atomic E-state index is 13.0. The van der Waals surface area contributed by atoms with Crippen LogP contribution in [0.15, 0.2) is 29.4 Å². The maximum Gasteiger partial charge on any atom is 0.180 e. The van der Waals surface area contributed by atoms with E-state index in [9.17, 15) is 4.39 Å². The zero-order valence-corrected chi connectivity index (χ0v) is 7.64. The van der Waals surface area contributed by atoms with Gasteiger partial charge in [-0.3, -0.25) is 0 Å². The van der Waals surface area contributed by atoms with E-state index < -0.39 is 11.9 Å². The molecule has 0 fully saturated rings. The van der Waals surface area contributed by atoms with E-state index in [-0.39, 0.29) is 11.6 Å². The molecule has 1 rings (SSSR count). The molecule has 3 N–H and O–H groups in total. The highest BCUT2D eigenvalue weighted by atomic mass is 19.1. The Morgan fingerprint density at radius 1 is 1.57 bits per heavy atom. The van der Waals surface area contributed by atoms with E-state index >= 15 is 0 Å². The average Bonchev–Trinajstić information content (AvgIpc) is 2.20. The summed E-state index contributed by atoms with van der Waals surface area (Å²) in [6, 6.07) is 5.93. The minimum Gasteiger partial charge on any atom is -0.480 e. The van der Waals surface area contributed by atoms with E-state index in [1.165, 1.54) is 12.1 Å². The number of oxime groups is 1. The molecule has 0 amide bonds. The number of halogens is 1. The second kappa shape index (κ2) is 4.45. The fourth-order valence-corrected chi connectivity index (χ4v) is 0.872. The molecule has 0 heterocycles. The largest absolute Gasteiger partial charge is 0.480 e. The Hall–Kier alpha value is -1.78. The molecule has 4 nitrogen and oxygen atoms in total. The normalized spacial score (nSPS) is 13.7.